The van der Waals surface area contributed by atoms with E-state index in [0.29, 0.717) is 15.8 Å². The van der Waals surface area contributed by atoms with Crippen LogP contribution in [0.3, 0.4) is 0 Å². The molecule has 2 N–H and O–H groups in total. The van der Waals surface area contributed by atoms with Gasteiger partial charge in [0.25, 0.3) is 5.91 Å². The van der Waals surface area contributed by atoms with Crippen molar-refractivity contribution in [2.24, 2.45) is 4.99 Å². The molecule has 0 spiro atoms. The summed E-state index contributed by atoms with van der Waals surface area (Å²) in [5.74, 6) is -0.787. The molecule has 6 nitrogen and oxygen atoms in total. The summed E-state index contributed by atoms with van der Waals surface area (Å²) >= 11 is 4.69. The highest BCUT2D eigenvalue weighted by Crippen LogP contribution is 2.30. The number of carbonyl (C=O) groups excluding carboxylic acids is 1. The van der Waals surface area contributed by atoms with Gasteiger partial charge in [0.1, 0.15) is 5.75 Å². The maximum absolute atomic E-state index is 12.2. The first-order chi connectivity index (χ1) is 13.3. The third-order valence-electron chi connectivity index (χ3n) is 3.87. The Morgan fingerprint density at radius 3 is 2.64 bits per heavy atom. The van der Waals surface area contributed by atoms with E-state index in [9.17, 15) is 9.59 Å². The number of carbonyl (C=O) groups is 2. The van der Waals surface area contributed by atoms with Crippen molar-refractivity contribution in [2.75, 3.05) is 0 Å². The molecule has 2 aromatic rings. The highest BCUT2D eigenvalue weighted by molar-refractivity contribution is 9.10. The highest BCUT2D eigenvalue weighted by atomic mass is 79.9. The largest absolute Gasteiger partial charge is 0.479 e. The smallest absolute Gasteiger partial charge is 0.344 e. The number of nitrogens with one attached hydrogen (secondary N) is 1. The molecule has 0 unspecified atom stereocenters. The maximum atomic E-state index is 12.2. The number of hydrogen-bond acceptors (Lipinski definition) is 5. The first kappa shape index (κ1) is 20.2. The first-order valence-electron chi connectivity index (χ1n) is 8.37. The van der Waals surface area contributed by atoms with E-state index in [1.165, 1.54) is 18.7 Å². The van der Waals surface area contributed by atoms with E-state index in [1.54, 1.807) is 30.3 Å². The van der Waals surface area contributed by atoms with Crippen LogP contribution in [-0.2, 0) is 9.59 Å². The van der Waals surface area contributed by atoms with Gasteiger partial charge < -0.3 is 15.2 Å². The molecule has 0 bridgehead atoms. The van der Waals surface area contributed by atoms with Crippen LogP contribution < -0.4 is 10.1 Å². The second-order valence-corrected chi connectivity index (χ2v) is 8.03. The molecule has 1 fully saturated rings. The van der Waals surface area contributed by atoms with Gasteiger partial charge in [-0.1, -0.05) is 28.1 Å². The van der Waals surface area contributed by atoms with Crippen molar-refractivity contribution in [1.82, 2.24) is 5.32 Å². The monoisotopic (exact) mass is 460 g/mol. The quantitative estimate of drug-likeness (QED) is 0.641. The molecule has 1 saturated heterocycles. The van der Waals surface area contributed by atoms with Crippen LogP contribution in [0.15, 0.2) is 56.8 Å². The van der Waals surface area contributed by atoms with Crippen molar-refractivity contribution in [2.45, 2.75) is 20.0 Å². The van der Waals surface area contributed by atoms with Gasteiger partial charge in [0.05, 0.1) is 10.6 Å². The van der Waals surface area contributed by atoms with Gasteiger partial charge in [-0.2, -0.15) is 0 Å². The number of amidine groups is 1. The molecular weight excluding hydrogens is 444 g/mol. The molecule has 0 saturated carbocycles. The molecule has 144 valence electrons. The average Bonchev–Trinajstić information content (AvgIpc) is 2.98. The van der Waals surface area contributed by atoms with E-state index in [0.717, 1.165) is 21.3 Å². The zero-order valence-corrected chi connectivity index (χ0v) is 17.5. The zero-order chi connectivity index (χ0) is 20.3. The summed E-state index contributed by atoms with van der Waals surface area (Å²) in [6, 6.07) is 12.6. The summed E-state index contributed by atoms with van der Waals surface area (Å²) in [6.45, 7) is 3.42. The number of amides is 1. The van der Waals surface area contributed by atoms with Crippen molar-refractivity contribution in [3.05, 3.63) is 63.0 Å². The van der Waals surface area contributed by atoms with Gasteiger partial charge in [0.2, 0.25) is 0 Å². The van der Waals surface area contributed by atoms with Crippen LogP contribution in [0.25, 0.3) is 6.08 Å². The number of carboxylic acid groups (broad SMARTS) is 1. The van der Waals surface area contributed by atoms with Crippen LogP contribution in [-0.4, -0.2) is 28.3 Å². The summed E-state index contributed by atoms with van der Waals surface area (Å²) in [5.41, 5.74) is 2.59. The highest BCUT2D eigenvalue weighted by Gasteiger charge is 2.24. The second kappa shape index (κ2) is 8.62. The lowest BCUT2D eigenvalue weighted by Gasteiger charge is -2.10. The van der Waals surface area contributed by atoms with E-state index >= 15 is 0 Å². The Balaban J connectivity index is 1.73. The Morgan fingerprint density at radius 2 is 2.00 bits per heavy atom. The Kier molecular flexibility index (Phi) is 6.21. The number of nitrogens with zero attached hydrogens (tertiary/aromatic N) is 1. The fraction of sp³-hybridized carbons (Fsp3) is 0.150. The molecular formula is C20H17BrN2O4S. The van der Waals surface area contributed by atoms with E-state index in [1.807, 2.05) is 25.1 Å². The predicted molar refractivity (Wildman–Crippen MR) is 114 cm³/mol. The Hall–Kier alpha value is -2.58. The van der Waals surface area contributed by atoms with E-state index < -0.39 is 12.1 Å². The molecule has 2 aromatic carbocycles. The number of benzene rings is 2. The summed E-state index contributed by atoms with van der Waals surface area (Å²) < 4.78 is 6.27. The molecule has 1 amide bonds. The molecule has 8 heteroatoms. The maximum Gasteiger partial charge on any atom is 0.344 e. The third kappa shape index (κ3) is 5.02. The molecule has 3 rings (SSSR count). The van der Waals surface area contributed by atoms with E-state index in [2.05, 4.69) is 26.2 Å². The van der Waals surface area contributed by atoms with Gasteiger partial charge in [0, 0.05) is 4.47 Å². The summed E-state index contributed by atoms with van der Waals surface area (Å²) in [6.07, 6.45) is 0.822. The number of aliphatic imine (C=N–C) groups is 1. The van der Waals surface area contributed by atoms with Crippen molar-refractivity contribution >= 4 is 56.5 Å². The third-order valence-corrected chi connectivity index (χ3v) is 5.27. The number of aryl methyl sites for hydroxylation is 1. The zero-order valence-electron chi connectivity index (χ0n) is 15.1. The van der Waals surface area contributed by atoms with Crippen molar-refractivity contribution in [3.8, 4) is 5.75 Å². The van der Waals surface area contributed by atoms with Gasteiger partial charge in [0.15, 0.2) is 11.3 Å². The predicted octanol–water partition coefficient (Wildman–Crippen LogP) is 4.50. The van der Waals surface area contributed by atoms with Gasteiger partial charge in [-0.15, -0.1) is 0 Å². The van der Waals surface area contributed by atoms with Gasteiger partial charge in [-0.25, -0.2) is 9.79 Å². The lowest BCUT2D eigenvalue weighted by Crippen LogP contribution is -2.22. The van der Waals surface area contributed by atoms with Crippen LogP contribution in [0.2, 0.25) is 0 Å². The molecule has 1 aliphatic heterocycles. The van der Waals surface area contributed by atoms with Crippen LogP contribution in [0.4, 0.5) is 5.69 Å². The minimum Gasteiger partial charge on any atom is -0.479 e. The number of rotatable bonds is 5. The average molecular weight is 461 g/mol. The van der Waals surface area contributed by atoms with Crippen molar-refractivity contribution in [1.29, 1.82) is 0 Å². The number of aliphatic carboxylic acids is 1. The lowest BCUT2D eigenvalue weighted by atomic mass is 10.2. The molecule has 1 heterocycles. The molecule has 0 aliphatic carbocycles. The summed E-state index contributed by atoms with van der Waals surface area (Å²) in [4.78, 5) is 28.1. The molecule has 0 radical (unpaired) electrons. The molecule has 1 aliphatic rings. The van der Waals surface area contributed by atoms with Crippen molar-refractivity contribution < 1.29 is 19.4 Å². The van der Waals surface area contributed by atoms with Gasteiger partial charge >= 0.3 is 5.97 Å². The van der Waals surface area contributed by atoms with Crippen LogP contribution >= 0.6 is 27.7 Å². The number of carboxylic acids is 1. The Labute approximate surface area is 174 Å². The fourth-order valence-corrected chi connectivity index (χ4v) is 3.69. The minimum atomic E-state index is -1.03. The van der Waals surface area contributed by atoms with Crippen molar-refractivity contribution in [3.63, 3.8) is 0 Å². The van der Waals surface area contributed by atoms with E-state index in [4.69, 9.17) is 9.84 Å². The number of ether oxygens (including phenoxy) is 1. The Morgan fingerprint density at radius 1 is 1.29 bits per heavy atom. The van der Waals surface area contributed by atoms with Crippen LogP contribution in [0.1, 0.15) is 18.1 Å². The SMILES string of the molecule is Cc1cc(Br)ccc1N=C1NC(=O)/C(=C/c2ccc(O[C@@H](C)C(=O)O)cc2)S1. The lowest BCUT2D eigenvalue weighted by molar-refractivity contribution is -0.144. The number of thioether (sulfide) groups is 1. The van der Waals surface area contributed by atoms with Gasteiger partial charge in [-0.05, 0) is 73.1 Å². The van der Waals surface area contributed by atoms with Crippen LogP contribution in [0.5, 0.6) is 5.75 Å². The first-order valence-corrected chi connectivity index (χ1v) is 9.98. The molecule has 0 aromatic heterocycles. The topological polar surface area (TPSA) is 88.0 Å². The number of halogens is 1. The molecule has 1 atom stereocenters. The van der Waals surface area contributed by atoms with Gasteiger partial charge in [-0.3, -0.25) is 4.79 Å². The minimum absolute atomic E-state index is 0.210. The molecule has 28 heavy (non-hydrogen) atoms. The fourth-order valence-electron chi connectivity index (χ4n) is 2.38. The van der Waals surface area contributed by atoms with E-state index in [-0.39, 0.29) is 5.91 Å². The Bertz CT molecular complexity index is 986. The number of hydrogen-bond donors (Lipinski definition) is 2. The summed E-state index contributed by atoms with van der Waals surface area (Å²) in [7, 11) is 0. The second-order valence-electron chi connectivity index (χ2n) is 6.08. The normalized spacial score (nSPS) is 17.6. The standard InChI is InChI=1S/C20H17BrN2O4S/c1-11-9-14(21)5-8-16(11)22-20-23-18(24)17(28-20)10-13-3-6-15(7-4-13)27-12(2)19(25)26/h3-10,12H,1-2H3,(H,25,26)(H,22,23,24)/b17-10-/t12-/m0/s1. The summed E-state index contributed by atoms with van der Waals surface area (Å²) in [5, 5.41) is 12.2. The van der Waals surface area contributed by atoms with Crippen LogP contribution in [0, 0.1) is 6.92 Å².